The molecular weight excluding hydrogens is 483 g/mol. The number of fused-ring (bicyclic) bond motifs is 1. The third-order valence-corrected chi connectivity index (χ3v) is 10.3. The molecule has 1 aromatic rings. The van der Waals surface area contributed by atoms with E-state index in [9.17, 15) is 36.3 Å². The van der Waals surface area contributed by atoms with Gasteiger partial charge in [0.1, 0.15) is 10.9 Å². The second kappa shape index (κ2) is 7.95. The number of carbonyl (C=O) groups is 2. The molecule has 0 radical (unpaired) electrons. The number of amides is 1. The first-order chi connectivity index (χ1) is 15.3. The maximum Gasteiger partial charge on any atom is 0.251 e. The van der Waals surface area contributed by atoms with E-state index in [4.69, 9.17) is 11.6 Å². The van der Waals surface area contributed by atoms with Crippen molar-refractivity contribution in [2.24, 2.45) is 17.8 Å². The first kappa shape index (κ1) is 24.0. The number of anilines is 1. The number of sulfone groups is 1. The number of hydrogen-bond acceptors (Lipinski definition) is 5. The second-order valence-electron chi connectivity index (χ2n) is 8.93. The predicted octanol–water partition coefficient (Wildman–Crippen LogP) is 3.25. The van der Waals surface area contributed by atoms with Crippen LogP contribution in [-0.4, -0.2) is 41.3 Å². The number of ketones is 1. The highest BCUT2D eigenvalue weighted by Crippen LogP contribution is 2.62. The zero-order valence-corrected chi connectivity index (χ0v) is 19.2. The Balaban J connectivity index is 1.56. The fraction of sp³-hybridized carbons (Fsp3) is 0.455. The van der Waals surface area contributed by atoms with Crippen LogP contribution in [0.5, 0.6) is 0 Å². The predicted molar refractivity (Wildman–Crippen MR) is 114 cm³/mol. The van der Waals surface area contributed by atoms with Gasteiger partial charge in [-0.25, -0.2) is 21.6 Å². The summed E-state index contributed by atoms with van der Waals surface area (Å²) in [7, 11) is -4.01. The Hall–Kier alpha value is -2.17. The fourth-order valence-corrected chi connectivity index (χ4v) is 8.85. The third kappa shape index (κ3) is 3.63. The smallest absolute Gasteiger partial charge is 0.251 e. The molecule has 4 aliphatic rings. The Labute approximate surface area is 193 Å². The number of hydrogen-bond donors (Lipinski definition) is 2. The van der Waals surface area contributed by atoms with Crippen LogP contribution in [0.3, 0.4) is 0 Å². The van der Waals surface area contributed by atoms with Gasteiger partial charge in [-0.05, 0) is 37.7 Å². The van der Waals surface area contributed by atoms with E-state index in [1.54, 1.807) is 6.92 Å². The topological polar surface area (TPSA) is 101 Å². The molecule has 0 aromatic heterocycles. The summed E-state index contributed by atoms with van der Waals surface area (Å²) in [5, 5.41) is 10.7. The average molecular weight is 504 g/mol. The molecule has 4 aliphatic carbocycles. The van der Waals surface area contributed by atoms with Gasteiger partial charge in [-0.1, -0.05) is 24.6 Å². The number of rotatable bonds is 5. The summed E-state index contributed by atoms with van der Waals surface area (Å²) >= 11 is 6.20. The van der Waals surface area contributed by atoms with E-state index in [1.165, 1.54) is 19.1 Å². The van der Waals surface area contributed by atoms with E-state index in [0.29, 0.717) is 12.1 Å². The maximum atomic E-state index is 13.5. The quantitative estimate of drug-likeness (QED) is 0.601. The minimum atomic E-state index is -4.01. The van der Waals surface area contributed by atoms with Gasteiger partial charge in [0.2, 0.25) is 0 Å². The molecule has 6 nitrogen and oxygen atoms in total. The Bertz CT molecular complexity index is 1210. The number of benzene rings is 1. The highest BCUT2D eigenvalue weighted by molar-refractivity contribution is 7.93. The van der Waals surface area contributed by atoms with Gasteiger partial charge < -0.3 is 10.4 Å². The highest BCUT2D eigenvalue weighted by atomic mass is 35.5. The normalized spacial score (nSPS) is 33.1. The van der Waals surface area contributed by atoms with Crippen molar-refractivity contribution in [2.45, 2.75) is 42.8 Å². The summed E-state index contributed by atoms with van der Waals surface area (Å²) < 4.78 is 67.0. The molecule has 3 unspecified atom stereocenters. The zero-order chi connectivity index (χ0) is 24.5. The maximum absolute atomic E-state index is 13.5. The fourth-order valence-electron chi connectivity index (χ4n) is 5.44. The van der Waals surface area contributed by atoms with Crippen molar-refractivity contribution in [3.8, 4) is 0 Å². The van der Waals surface area contributed by atoms with Crippen molar-refractivity contribution in [1.82, 2.24) is 0 Å². The summed E-state index contributed by atoms with van der Waals surface area (Å²) in [6.45, 7) is 3.03. The molecule has 178 valence electrons. The summed E-state index contributed by atoms with van der Waals surface area (Å²) in [5.41, 5.74) is -2.06. The molecular formula is C22H21ClF3NO5S. The number of aliphatic hydroxyl groups is 1. The SMILES string of the molecule is CC(=O)[C@@]1(O)CC2C(S(=O)(=O)[C@@H]3CC(C(=O)Nc4cc(F)c(F)c(F)c4)=CC=C3Cl)C1[C@H]2C. The van der Waals surface area contributed by atoms with Gasteiger partial charge in [0.05, 0.1) is 5.25 Å². The molecule has 2 N–H and O–H groups in total. The molecule has 3 saturated carbocycles. The number of halogens is 4. The van der Waals surface area contributed by atoms with E-state index in [1.807, 2.05) is 0 Å². The minimum absolute atomic E-state index is 0.0142. The standard InChI is InChI=1S/C22H21ClF3NO5S/c1-9-13-8-22(30,10(2)28)18(9)20(13)33(31,32)17-5-11(3-4-14(17)23)21(29)27-12-6-15(24)19(26)16(25)7-12/h3-4,6-7,9,13,17-18,20,30H,5,8H2,1-2H3,(H,27,29)/t9-,13?,17+,18?,20?,22-/m0/s1. The molecule has 11 heteroatoms. The molecule has 1 amide bonds. The van der Waals surface area contributed by atoms with Crippen LogP contribution in [-0.2, 0) is 19.4 Å². The minimum Gasteiger partial charge on any atom is -0.382 e. The summed E-state index contributed by atoms with van der Waals surface area (Å²) in [6.07, 6.45) is 2.30. The van der Waals surface area contributed by atoms with Gasteiger partial charge in [-0.3, -0.25) is 9.59 Å². The summed E-state index contributed by atoms with van der Waals surface area (Å²) in [6, 6.07) is 1.21. The lowest BCUT2D eigenvalue weighted by Gasteiger charge is -2.45. The summed E-state index contributed by atoms with van der Waals surface area (Å²) in [5.74, 6) is -7.30. The molecule has 33 heavy (non-hydrogen) atoms. The molecule has 6 atom stereocenters. The molecule has 3 fully saturated rings. The van der Waals surface area contributed by atoms with E-state index in [2.05, 4.69) is 5.32 Å². The Morgan fingerprint density at radius 1 is 1.18 bits per heavy atom. The molecule has 0 aliphatic heterocycles. The Morgan fingerprint density at radius 3 is 2.33 bits per heavy atom. The van der Waals surface area contributed by atoms with Gasteiger partial charge in [-0.2, -0.15) is 0 Å². The van der Waals surface area contributed by atoms with E-state index < -0.39 is 66.9 Å². The van der Waals surface area contributed by atoms with Crippen molar-refractivity contribution in [2.75, 3.05) is 5.32 Å². The van der Waals surface area contributed by atoms with E-state index >= 15 is 0 Å². The first-order valence-corrected chi connectivity index (χ1v) is 12.3. The van der Waals surface area contributed by atoms with Gasteiger partial charge in [0, 0.05) is 34.3 Å². The lowest BCUT2D eigenvalue weighted by atomic mass is 9.70. The van der Waals surface area contributed by atoms with Crippen molar-refractivity contribution in [1.29, 1.82) is 0 Å². The van der Waals surface area contributed by atoms with Crippen LogP contribution in [0.15, 0.2) is 34.9 Å². The highest BCUT2D eigenvalue weighted by Gasteiger charge is 2.71. The number of allylic oxidation sites excluding steroid dienone is 2. The van der Waals surface area contributed by atoms with E-state index in [0.717, 1.165) is 0 Å². The van der Waals surface area contributed by atoms with Crippen LogP contribution in [0.2, 0.25) is 0 Å². The van der Waals surface area contributed by atoms with Gasteiger partial charge in [-0.15, -0.1) is 0 Å². The number of nitrogens with one attached hydrogen (secondary N) is 1. The lowest BCUT2D eigenvalue weighted by molar-refractivity contribution is -0.138. The largest absolute Gasteiger partial charge is 0.382 e. The Morgan fingerprint density at radius 2 is 1.79 bits per heavy atom. The first-order valence-electron chi connectivity index (χ1n) is 10.3. The molecule has 1 aromatic carbocycles. The van der Waals surface area contributed by atoms with Crippen LogP contribution < -0.4 is 5.32 Å². The van der Waals surface area contributed by atoms with Crippen molar-refractivity contribution >= 4 is 38.8 Å². The third-order valence-electron chi connectivity index (χ3n) is 7.19. The van der Waals surface area contributed by atoms with Crippen LogP contribution in [0.25, 0.3) is 0 Å². The molecule has 5 rings (SSSR count). The van der Waals surface area contributed by atoms with Crippen LogP contribution in [0.1, 0.15) is 26.7 Å². The lowest BCUT2D eigenvalue weighted by Crippen LogP contribution is -2.56. The number of carbonyl (C=O) groups excluding carboxylic acids is 2. The van der Waals surface area contributed by atoms with E-state index in [-0.39, 0.29) is 35.1 Å². The zero-order valence-electron chi connectivity index (χ0n) is 17.6. The molecule has 0 spiro atoms. The van der Waals surface area contributed by atoms with Crippen LogP contribution in [0, 0.1) is 35.2 Å². The Kier molecular flexibility index (Phi) is 5.78. The second-order valence-corrected chi connectivity index (χ2v) is 11.7. The molecule has 0 saturated heterocycles. The van der Waals surface area contributed by atoms with Gasteiger partial charge in [0.25, 0.3) is 5.91 Å². The van der Waals surface area contributed by atoms with Crippen molar-refractivity contribution in [3.05, 3.63) is 52.3 Å². The average Bonchev–Trinajstić information content (AvgIpc) is 3.21. The van der Waals surface area contributed by atoms with Crippen LogP contribution >= 0.6 is 11.6 Å². The molecule has 2 bridgehead atoms. The van der Waals surface area contributed by atoms with Gasteiger partial charge >= 0.3 is 0 Å². The van der Waals surface area contributed by atoms with Crippen LogP contribution in [0.4, 0.5) is 18.9 Å². The summed E-state index contributed by atoms with van der Waals surface area (Å²) in [4.78, 5) is 24.6. The van der Waals surface area contributed by atoms with Gasteiger partial charge in [0.15, 0.2) is 33.1 Å². The van der Waals surface area contributed by atoms with Crippen molar-refractivity contribution < 1.29 is 36.3 Å². The van der Waals surface area contributed by atoms with Crippen molar-refractivity contribution in [3.63, 3.8) is 0 Å². The monoisotopic (exact) mass is 503 g/mol. The number of Topliss-reactive ketones (excluding diaryl/α,β-unsaturated/α-hetero) is 1. The molecule has 0 heterocycles.